The van der Waals surface area contributed by atoms with E-state index in [0.29, 0.717) is 0 Å². The van der Waals surface area contributed by atoms with Crippen LogP contribution in [0.25, 0.3) is 0 Å². The summed E-state index contributed by atoms with van der Waals surface area (Å²) in [4.78, 5) is 0. The number of rotatable bonds is 2. The van der Waals surface area contributed by atoms with E-state index in [2.05, 4.69) is 51.2 Å². The summed E-state index contributed by atoms with van der Waals surface area (Å²) < 4.78 is 0. The number of hydrogen-bond acceptors (Lipinski definition) is 2. The number of hydrogen-bond donors (Lipinski definition) is 2. The van der Waals surface area contributed by atoms with E-state index in [1.54, 1.807) is 0 Å². The van der Waals surface area contributed by atoms with Crippen molar-refractivity contribution in [3.05, 3.63) is 34.4 Å². The molecule has 0 aliphatic heterocycles. The summed E-state index contributed by atoms with van der Waals surface area (Å²) >= 11 is 8.54. The Balaban J connectivity index is 3.20. The van der Waals surface area contributed by atoms with Crippen molar-refractivity contribution in [3.8, 4) is 0 Å². The molecule has 2 heteroatoms. The van der Waals surface area contributed by atoms with Crippen molar-refractivity contribution in [2.75, 3.05) is 0 Å². The summed E-state index contributed by atoms with van der Waals surface area (Å²) in [5.41, 5.74) is 5.36. The normalized spacial score (nSPS) is 10.3. The zero-order valence-corrected chi connectivity index (χ0v) is 9.25. The van der Waals surface area contributed by atoms with E-state index >= 15 is 0 Å². The molecular formula is C10H14S2. The molecule has 0 saturated heterocycles. The van der Waals surface area contributed by atoms with Crippen LogP contribution in [0.2, 0.25) is 0 Å². The molecule has 0 aromatic heterocycles. The average Bonchev–Trinajstić information content (AvgIpc) is 2.10. The molecule has 1 aromatic rings. The van der Waals surface area contributed by atoms with Crippen molar-refractivity contribution in [3.63, 3.8) is 0 Å². The molecule has 0 N–H and O–H groups in total. The van der Waals surface area contributed by atoms with Crippen molar-refractivity contribution in [1.29, 1.82) is 0 Å². The maximum absolute atomic E-state index is 4.27. The maximum atomic E-state index is 4.27. The standard InChI is InChI=1S/C10H14S2/c1-7-8(2)10(6-12)4-3-9(7)5-11/h3-4,11-12H,5-6H2,1-2H3. The van der Waals surface area contributed by atoms with Crippen molar-refractivity contribution < 1.29 is 0 Å². The molecule has 1 rings (SSSR count). The van der Waals surface area contributed by atoms with Gasteiger partial charge in [-0.15, -0.1) is 0 Å². The van der Waals surface area contributed by atoms with Gasteiger partial charge in [0, 0.05) is 11.5 Å². The van der Waals surface area contributed by atoms with Crippen LogP contribution in [0.3, 0.4) is 0 Å². The van der Waals surface area contributed by atoms with Gasteiger partial charge in [-0.2, -0.15) is 25.3 Å². The van der Waals surface area contributed by atoms with E-state index in [9.17, 15) is 0 Å². The van der Waals surface area contributed by atoms with Crippen molar-refractivity contribution in [1.82, 2.24) is 0 Å². The minimum absolute atomic E-state index is 0.819. The Labute approximate surface area is 85.2 Å². The molecule has 0 heterocycles. The molecule has 0 atom stereocenters. The summed E-state index contributed by atoms with van der Waals surface area (Å²) in [7, 11) is 0. The highest BCUT2D eigenvalue weighted by atomic mass is 32.1. The molecule has 0 radical (unpaired) electrons. The Morgan fingerprint density at radius 2 is 1.25 bits per heavy atom. The summed E-state index contributed by atoms with van der Waals surface area (Å²) in [6.45, 7) is 4.29. The summed E-state index contributed by atoms with van der Waals surface area (Å²) in [6.07, 6.45) is 0. The van der Waals surface area contributed by atoms with Crippen LogP contribution in [0, 0.1) is 13.8 Å². The Kier molecular flexibility index (Phi) is 3.53. The fourth-order valence-electron chi connectivity index (χ4n) is 1.28. The van der Waals surface area contributed by atoms with Gasteiger partial charge in [0.2, 0.25) is 0 Å². The zero-order valence-electron chi connectivity index (χ0n) is 7.46. The van der Waals surface area contributed by atoms with Gasteiger partial charge in [-0.1, -0.05) is 12.1 Å². The van der Waals surface area contributed by atoms with Crippen molar-refractivity contribution >= 4 is 25.3 Å². The van der Waals surface area contributed by atoms with Gasteiger partial charge in [0.05, 0.1) is 0 Å². The minimum atomic E-state index is 0.819. The molecule has 0 saturated carbocycles. The van der Waals surface area contributed by atoms with Crippen LogP contribution in [-0.4, -0.2) is 0 Å². The molecule has 0 aliphatic carbocycles. The Morgan fingerprint density at radius 1 is 0.917 bits per heavy atom. The third-order valence-electron chi connectivity index (χ3n) is 2.35. The molecule has 0 fully saturated rings. The van der Waals surface area contributed by atoms with Crippen LogP contribution < -0.4 is 0 Å². The predicted molar refractivity (Wildman–Crippen MR) is 61.3 cm³/mol. The molecule has 1 aromatic carbocycles. The lowest BCUT2D eigenvalue weighted by atomic mass is 10.00. The smallest absolute Gasteiger partial charge is 0.0156 e. The van der Waals surface area contributed by atoms with E-state index in [-0.39, 0.29) is 0 Å². The lowest BCUT2D eigenvalue weighted by Crippen LogP contribution is -1.93. The number of thiol groups is 2. The molecule has 0 spiro atoms. The van der Waals surface area contributed by atoms with Crippen molar-refractivity contribution in [2.24, 2.45) is 0 Å². The summed E-state index contributed by atoms with van der Waals surface area (Å²) in [5, 5.41) is 0. The van der Waals surface area contributed by atoms with Crippen LogP contribution in [0.4, 0.5) is 0 Å². The summed E-state index contributed by atoms with van der Waals surface area (Å²) in [6, 6.07) is 4.28. The van der Waals surface area contributed by atoms with Gasteiger partial charge in [0.25, 0.3) is 0 Å². The van der Waals surface area contributed by atoms with Gasteiger partial charge in [0.1, 0.15) is 0 Å². The largest absolute Gasteiger partial charge is 0.175 e. The van der Waals surface area contributed by atoms with Crippen molar-refractivity contribution in [2.45, 2.75) is 25.4 Å². The summed E-state index contributed by atoms with van der Waals surface area (Å²) in [5.74, 6) is 1.64. The SMILES string of the molecule is Cc1c(CS)ccc(CS)c1C. The number of benzene rings is 1. The van der Waals surface area contributed by atoms with E-state index in [1.807, 2.05) is 0 Å². The second kappa shape index (κ2) is 4.24. The molecule has 0 unspecified atom stereocenters. The second-order valence-electron chi connectivity index (χ2n) is 2.95. The average molecular weight is 198 g/mol. The third-order valence-corrected chi connectivity index (χ3v) is 3.03. The first kappa shape index (κ1) is 10.0. The highest BCUT2D eigenvalue weighted by molar-refractivity contribution is 7.79. The van der Waals surface area contributed by atoms with Gasteiger partial charge in [-0.3, -0.25) is 0 Å². The molecule has 0 aliphatic rings. The highest BCUT2D eigenvalue weighted by Gasteiger charge is 2.03. The monoisotopic (exact) mass is 198 g/mol. The van der Waals surface area contributed by atoms with Crippen LogP contribution in [-0.2, 0) is 11.5 Å². The quantitative estimate of drug-likeness (QED) is 0.670. The van der Waals surface area contributed by atoms with E-state index in [4.69, 9.17) is 0 Å². The lowest BCUT2D eigenvalue weighted by Gasteiger charge is -2.10. The first-order valence-electron chi connectivity index (χ1n) is 4.00. The fourth-order valence-corrected chi connectivity index (χ4v) is 1.96. The van der Waals surface area contributed by atoms with E-state index in [1.165, 1.54) is 22.3 Å². The third kappa shape index (κ3) is 1.80. The topological polar surface area (TPSA) is 0 Å². The first-order chi connectivity index (χ1) is 5.70. The van der Waals surface area contributed by atoms with Crippen LogP contribution in [0.15, 0.2) is 12.1 Å². The minimum Gasteiger partial charge on any atom is -0.175 e. The van der Waals surface area contributed by atoms with Crippen LogP contribution in [0.1, 0.15) is 22.3 Å². The predicted octanol–water partition coefficient (Wildman–Crippen LogP) is 3.16. The molecule has 12 heavy (non-hydrogen) atoms. The molecular weight excluding hydrogens is 184 g/mol. The van der Waals surface area contributed by atoms with Gasteiger partial charge >= 0.3 is 0 Å². The lowest BCUT2D eigenvalue weighted by molar-refractivity contribution is 1.20. The first-order valence-corrected chi connectivity index (χ1v) is 5.27. The highest BCUT2D eigenvalue weighted by Crippen LogP contribution is 2.20. The zero-order chi connectivity index (χ0) is 9.14. The maximum Gasteiger partial charge on any atom is 0.0156 e. The van der Waals surface area contributed by atoms with Crippen LogP contribution >= 0.6 is 25.3 Å². The van der Waals surface area contributed by atoms with Gasteiger partial charge in [-0.05, 0) is 36.1 Å². The molecule has 0 bridgehead atoms. The molecule has 0 nitrogen and oxygen atoms in total. The fraction of sp³-hybridized carbons (Fsp3) is 0.400. The Hall–Kier alpha value is -0.0800. The van der Waals surface area contributed by atoms with Gasteiger partial charge in [-0.25, -0.2) is 0 Å². The van der Waals surface area contributed by atoms with Gasteiger partial charge < -0.3 is 0 Å². The molecule has 66 valence electrons. The Bertz CT molecular complexity index is 250. The molecule has 0 amide bonds. The Morgan fingerprint density at radius 3 is 1.50 bits per heavy atom. The van der Waals surface area contributed by atoms with E-state index < -0.39 is 0 Å². The van der Waals surface area contributed by atoms with Crippen LogP contribution in [0.5, 0.6) is 0 Å². The van der Waals surface area contributed by atoms with Gasteiger partial charge in [0.15, 0.2) is 0 Å². The van der Waals surface area contributed by atoms with E-state index in [0.717, 1.165) is 11.5 Å². The second-order valence-corrected chi connectivity index (χ2v) is 3.58.